The number of rotatable bonds is 9. The molecule has 0 bridgehead atoms. The topological polar surface area (TPSA) is 80.5 Å². The Kier molecular flexibility index (Phi) is 8.51. The SMILES string of the molecule is CCC1OC1N1CCN(CCN2CC[C@@H](NC(=O)CNC(=O)C3=CCCC(C(F)(F)F)=C3)C2)CC1. The number of halogens is 3. The van der Waals surface area contributed by atoms with Crippen molar-refractivity contribution in [3.8, 4) is 0 Å². The summed E-state index contributed by atoms with van der Waals surface area (Å²) in [5, 5.41) is 5.36. The molecule has 8 nitrogen and oxygen atoms in total. The molecule has 196 valence electrons. The monoisotopic (exact) mass is 499 g/mol. The maximum Gasteiger partial charge on any atom is 0.412 e. The Labute approximate surface area is 204 Å². The van der Waals surface area contributed by atoms with E-state index >= 15 is 0 Å². The number of alkyl halides is 3. The van der Waals surface area contributed by atoms with Gasteiger partial charge in [0.15, 0.2) is 0 Å². The van der Waals surface area contributed by atoms with Gasteiger partial charge in [-0.25, -0.2) is 0 Å². The van der Waals surface area contributed by atoms with Gasteiger partial charge < -0.3 is 15.4 Å². The van der Waals surface area contributed by atoms with Crippen molar-refractivity contribution < 1.29 is 27.5 Å². The van der Waals surface area contributed by atoms with Gasteiger partial charge in [-0.05, 0) is 31.8 Å². The number of nitrogens with zero attached hydrogens (tertiary/aromatic N) is 3. The third-order valence-corrected chi connectivity index (χ3v) is 7.24. The van der Waals surface area contributed by atoms with Crippen LogP contribution in [0, 0.1) is 0 Å². The van der Waals surface area contributed by atoms with Gasteiger partial charge in [-0.2, -0.15) is 13.2 Å². The first-order valence-corrected chi connectivity index (χ1v) is 12.6. The Morgan fingerprint density at radius 2 is 1.86 bits per heavy atom. The zero-order valence-electron chi connectivity index (χ0n) is 20.3. The summed E-state index contributed by atoms with van der Waals surface area (Å²) in [4.78, 5) is 31.7. The van der Waals surface area contributed by atoms with Crippen LogP contribution in [-0.2, 0) is 14.3 Å². The summed E-state index contributed by atoms with van der Waals surface area (Å²) in [5.74, 6) is -0.987. The van der Waals surface area contributed by atoms with E-state index in [1.807, 2.05) is 0 Å². The number of amides is 2. The lowest BCUT2D eigenvalue weighted by molar-refractivity contribution is -0.124. The molecule has 2 N–H and O–H groups in total. The molecular formula is C24H36F3N5O3. The van der Waals surface area contributed by atoms with Crippen molar-refractivity contribution >= 4 is 11.8 Å². The summed E-state index contributed by atoms with van der Waals surface area (Å²) in [5.41, 5.74) is -0.760. The van der Waals surface area contributed by atoms with Crippen molar-refractivity contribution in [1.82, 2.24) is 25.3 Å². The number of allylic oxidation sites excluding steroid dienone is 2. The molecule has 4 rings (SSSR count). The number of hydrogen-bond donors (Lipinski definition) is 2. The fourth-order valence-corrected chi connectivity index (χ4v) is 5.06. The molecule has 2 unspecified atom stereocenters. The fourth-order valence-electron chi connectivity index (χ4n) is 5.06. The van der Waals surface area contributed by atoms with E-state index in [0.717, 1.165) is 71.3 Å². The lowest BCUT2D eigenvalue weighted by atomic mass is 9.98. The zero-order chi connectivity index (χ0) is 25.0. The second-order valence-electron chi connectivity index (χ2n) is 9.75. The number of hydrogen-bond acceptors (Lipinski definition) is 6. The van der Waals surface area contributed by atoms with Crippen LogP contribution in [-0.4, -0.2) is 110 Å². The van der Waals surface area contributed by atoms with Crippen LogP contribution in [0.25, 0.3) is 0 Å². The van der Waals surface area contributed by atoms with Crippen molar-refractivity contribution in [3.05, 3.63) is 23.3 Å². The second kappa shape index (κ2) is 11.4. The highest BCUT2D eigenvalue weighted by atomic mass is 19.4. The standard InChI is InChI=1S/C24H36F3N5O3/c1-2-20-23(35-20)32-12-10-30(11-13-32)8-9-31-7-6-19(16-31)29-21(33)15-28-22(34)17-4-3-5-18(14-17)24(25,26)27/h4,14,19-20,23H,2-3,5-13,15-16H2,1H3,(H,28,34)(H,29,33)/t19-,20?,23?/m1/s1. The van der Waals surface area contributed by atoms with Crippen molar-refractivity contribution in [1.29, 1.82) is 0 Å². The van der Waals surface area contributed by atoms with E-state index in [2.05, 4.69) is 32.3 Å². The number of carbonyl (C=O) groups is 2. The summed E-state index contributed by atoms with van der Waals surface area (Å²) < 4.78 is 44.3. The van der Waals surface area contributed by atoms with Crippen LogP contribution in [0.15, 0.2) is 23.3 Å². The molecule has 35 heavy (non-hydrogen) atoms. The second-order valence-corrected chi connectivity index (χ2v) is 9.75. The van der Waals surface area contributed by atoms with E-state index in [4.69, 9.17) is 4.74 Å². The van der Waals surface area contributed by atoms with E-state index < -0.39 is 17.7 Å². The summed E-state index contributed by atoms with van der Waals surface area (Å²) in [6.45, 7) is 9.67. The molecule has 4 aliphatic rings. The van der Waals surface area contributed by atoms with E-state index in [-0.39, 0.29) is 36.9 Å². The molecule has 1 aliphatic carbocycles. The highest BCUT2D eigenvalue weighted by Gasteiger charge is 2.42. The maximum atomic E-state index is 12.9. The van der Waals surface area contributed by atoms with Gasteiger partial charge in [-0.15, -0.1) is 0 Å². The minimum atomic E-state index is -4.44. The van der Waals surface area contributed by atoms with E-state index in [1.54, 1.807) is 0 Å². The highest BCUT2D eigenvalue weighted by molar-refractivity contribution is 5.98. The molecule has 0 spiro atoms. The molecule has 3 heterocycles. The summed E-state index contributed by atoms with van der Waals surface area (Å²) in [6.07, 6.45) is 0.565. The van der Waals surface area contributed by atoms with Gasteiger partial charge in [0, 0.05) is 69.5 Å². The first-order chi connectivity index (χ1) is 16.7. The third-order valence-electron chi connectivity index (χ3n) is 7.24. The van der Waals surface area contributed by atoms with Crippen molar-refractivity contribution in [2.45, 2.75) is 57.2 Å². The maximum absolute atomic E-state index is 12.9. The summed E-state index contributed by atoms with van der Waals surface area (Å²) >= 11 is 0. The fraction of sp³-hybridized carbons (Fsp3) is 0.750. The summed E-state index contributed by atoms with van der Waals surface area (Å²) in [6, 6.07) is 0.0138. The van der Waals surface area contributed by atoms with Crippen LogP contribution >= 0.6 is 0 Å². The predicted molar refractivity (Wildman–Crippen MR) is 124 cm³/mol. The minimum absolute atomic E-state index is 0.0138. The normalized spacial score (nSPS) is 28.4. The smallest absolute Gasteiger partial charge is 0.353 e. The predicted octanol–water partition coefficient (Wildman–Crippen LogP) is 1.25. The number of epoxide rings is 1. The molecule has 0 aromatic carbocycles. The summed E-state index contributed by atoms with van der Waals surface area (Å²) in [7, 11) is 0. The Morgan fingerprint density at radius 3 is 2.54 bits per heavy atom. The van der Waals surface area contributed by atoms with E-state index in [9.17, 15) is 22.8 Å². The molecule has 11 heteroatoms. The van der Waals surface area contributed by atoms with Crippen molar-refractivity contribution in [2.24, 2.45) is 0 Å². The molecule has 3 fully saturated rings. The van der Waals surface area contributed by atoms with Gasteiger partial charge >= 0.3 is 6.18 Å². The van der Waals surface area contributed by atoms with Crippen LogP contribution in [0.3, 0.4) is 0 Å². The molecular weight excluding hydrogens is 463 g/mol. The van der Waals surface area contributed by atoms with Crippen LogP contribution in [0.4, 0.5) is 13.2 Å². The van der Waals surface area contributed by atoms with Gasteiger partial charge in [0.2, 0.25) is 5.91 Å². The van der Waals surface area contributed by atoms with Crippen LogP contribution in [0.5, 0.6) is 0 Å². The Hall–Kier alpha value is -1.95. The average Bonchev–Trinajstić information content (AvgIpc) is 3.51. The molecule has 3 saturated heterocycles. The molecule has 2 amide bonds. The van der Waals surface area contributed by atoms with Crippen molar-refractivity contribution in [2.75, 3.05) is 58.9 Å². The number of ether oxygens (including phenoxy) is 1. The minimum Gasteiger partial charge on any atom is -0.353 e. The van der Waals surface area contributed by atoms with Crippen LogP contribution < -0.4 is 10.6 Å². The van der Waals surface area contributed by atoms with E-state index in [1.165, 1.54) is 6.08 Å². The molecule has 0 saturated carbocycles. The lowest BCUT2D eigenvalue weighted by Crippen LogP contribution is -2.49. The number of piperazine rings is 1. The first-order valence-electron chi connectivity index (χ1n) is 12.6. The van der Waals surface area contributed by atoms with Crippen molar-refractivity contribution in [3.63, 3.8) is 0 Å². The van der Waals surface area contributed by atoms with Gasteiger partial charge in [0.25, 0.3) is 5.91 Å². The largest absolute Gasteiger partial charge is 0.412 e. The Bertz CT molecular complexity index is 839. The molecule has 0 radical (unpaired) electrons. The lowest BCUT2D eigenvalue weighted by Gasteiger charge is -2.34. The van der Waals surface area contributed by atoms with E-state index in [0.29, 0.717) is 12.3 Å². The quantitative estimate of drug-likeness (QED) is 0.465. The van der Waals surface area contributed by atoms with Gasteiger partial charge in [0.1, 0.15) is 6.23 Å². The third kappa shape index (κ3) is 7.28. The van der Waals surface area contributed by atoms with Gasteiger partial charge in [-0.1, -0.05) is 13.0 Å². The highest BCUT2D eigenvalue weighted by Crippen LogP contribution is 2.33. The number of nitrogens with one attached hydrogen (secondary N) is 2. The van der Waals surface area contributed by atoms with Crippen LogP contribution in [0.1, 0.15) is 32.6 Å². The molecule has 0 aromatic heterocycles. The van der Waals surface area contributed by atoms with Crippen LogP contribution in [0.2, 0.25) is 0 Å². The number of carbonyl (C=O) groups excluding carboxylic acids is 2. The van der Waals surface area contributed by atoms with Gasteiger partial charge in [0.05, 0.1) is 12.6 Å². The Balaban J connectivity index is 1.10. The number of likely N-dealkylation sites (tertiary alicyclic amines) is 1. The Morgan fingerprint density at radius 1 is 1.11 bits per heavy atom. The average molecular weight is 500 g/mol. The molecule has 3 atom stereocenters. The molecule has 0 aromatic rings. The molecule has 3 aliphatic heterocycles. The van der Waals surface area contributed by atoms with Gasteiger partial charge in [-0.3, -0.25) is 24.3 Å². The zero-order valence-corrected chi connectivity index (χ0v) is 20.3. The first kappa shape index (κ1) is 26.1.